The zero-order chi connectivity index (χ0) is 14.2. The lowest BCUT2D eigenvalue weighted by Crippen LogP contribution is -2.20. The molecule has 21 heavy (non-hydrogen) atoms. The molecule has 0 bridgehead atoms. The van der Waals surface area contributed by atoms with E-state index in [4.69, 9.17) is 0 Å². The molecular weight excluding hydrogens is 256 g/mol. The van der Waals surface area contributed by atoms with E-state index in [2.05, 4.69) is 12.1 Å². The first kappa shape index (κ1) is 12.1. The minimum atomic E-state index is -0.197. The number of carbonyl (C=O) groups is 1. The highest BCUT2D eigenvalue weighted by Crippen LogP contribution is 2.42. The van der Waals surface area contributed by atoms with Crippen molar-refractivity contribution in [1.82, 2.24) is 0 Å². The Labute approximate surface area is 123 Å². The maximum atomic E-state index is 13.0. The van der Waals surface area contributed by atoms with Gasteiger partial charge in [-0.15, -0.1) is 0 Å². The molecule has 1 heteroatoms. The van der Waals surface area contributed by atoms with Gasteiger partial charge in [0.1, 0.15) is 0 Å². The molecule has 0 fully saturated rings. The van der Waals surface area contributed by atoms with Gasteiger partial charge in [0.25, 0.3) is 0 Å². The summed E-state index contributed by atoms with van der Waals surface area (Å²) in [7, 11) is 0. The Bertz CT molecular complexity index is 818. The van der Waals surface area contributed by atoms with Crippen LogP contribution in [0.2, 0.25) is 0 Å². The van der Waals surface area contributed by atoms with Crippen LogP contribution in [0, 0.1) is 0 Å². The number of benzene rings is 3. The summed E-state index contributed by atoms with van der Waals surface area (Å²) in [5.41, 5.74) is 5.20. The van der Waals surface area contributed by atoms with Gasteiger partial charge in [-0.2, -0.15) is 0 Å². The lowest BCUT2D eigenvalue weighted by molar-refractivity contribution is 0.0972. The molecule has 0 N–H and O–H groups in total. The number of hydrogen-bond acceptors (Lipinski definition) is 1. The van der Waals surface area contributed by atoms with E-state index in [-0.39, 0.29) is 11.7 Å². The Morgan fingerprint density at radius 3 is 1.90 bits per heavy atom. The van der Waals surface area contributed by atoms with Gasteiger partial charge < -0.3 is 0 Å². The van der Waals surface area contributed by atoms with Crippen molar-refractivity contribution < 1.29 is 4.79 Å². The van der Waals surface area contributed by atoms with Crippen molar-refractivity contribution in [3.63, 3.8) is 0 Å². The van der Waals surface area contributed by atoms with E-state index in [0.29, 0.717) is 0 Å². The molecule has 1 nitrogen and oxygen atoms in total. The average Bonchev–Trinajstić information content (AvgIpc) is 2.56. The lowest BCUT2D eigenvalue weighted by atomic mass is 9.75. The summed E-state index contributed by atoms with van der Waals surface area (Å²) in [6, 6.07) is 26.2. The van der Waals surface area contributed by atoms with Crippen LogP contribution in [-0.4, -0.2) is 5.78 Å². The summed E-state index contributed by atoms with van der Waals surface area (Å²) >= 11 is 0. The summed E-state index contributed by atoms with van der Waals surface area (Å²) in [5.74, 6) is -0.00667. The van der Waals surface area contributed by atoms with Crippen LogP contribution in [0.15, 0.2) is 78.9 Å². The van der Waals surface area contributed by atoms with E-state index in [0.717, 1.165) is 22.3 Å². The summed E-state index contributed by atoms with van der Waals surface area (Å²) in [4.78, 5) is 13.0. The van der Waals surface area contributed by atoms with Crippen LogP contribution in [0.3, 0.4) is 0 Å². The van der Waals surface area contributed by atoms with Crippen LogP contribution < -0.4 is 0 Å². The zero-order valence-electron chi connectivity index (χ0n) is 11.5. The standard InChI is InChI=1S/C20H14O/c21-20-18-13-7-5-11-16(18)15-10-4-6-12-17(15)19(20)14-8-2-1-3-9-14/h1-13,19H. The van der Waals surface area contributed by atoms with Crippen molar-refractivity contribution in [3.05, 3.63) is 95.6 Å². The van der Waals surface area contributed by atoms with Gasteiger partial charge in [-0.05, 0) is 22.3 Å². The van der Waals surface area contributed by atoms with Crippen molar-refractivity contribution in [2.45, 2.75) is 5.92 Å². The Hall–Kier alpha value is -2.67. The number of Topliss-reactive ketones (excluding diaryl/α,β-unsaturated/α-hetero) is 1. The Morgan fingerprint density at radius 2 is 1.14 bits per heavy atom. The number of fused-ring (bicyclic) bond motifs is 3. The fourth-order valence-electron chi connectivity index (χ4n) is 3.20. The van der Waals surface area contributed by atoms with Gasteiger partial charge in [-0.1, -0.05) is 78.9 Å². The molecule has 0 radical (unpaired) electrons. The normalized spacial score (nSPS) is 16.2. The van der Waals surface area contributed by atoms with Crippen molar-refractivity contribution in [1.29, 1.82) is 0 Å². The van der Waals surface area contributed by atoms with Gasteiger partial charge in [-0.3, -0.25) is 4.79 Å². The van der Waals surface area contributed by atoms with E-state index < -0.39 is 0 Å². The van der Waals surface area contributed by atoms with Gasteiger partial charge in [0.05, 0.1) is 5.92 Å². The first-order chi connectivity index (χ1) is 10.4. The first-order valence-corrected chi connectivity index (χ1v) is 7.14. The average molecular weight is 270 g/mol. The summed E-state index contributed by atoms with van der Waals surface area (Å²) < 4.78 is 0. The van der Waals surface area contributed by atoms with Gasteiger partial charge in [-0.25, -0.2) is 0 Å². The number of carbonyl (C=O) groups excluding carboxylic acids is 1. The largest absolute Gasteiger partial charge is 0.293 e. The third-order valence-corrected chi connectivity index (χ3v) is 4.15. The zero-order valence-corrected chi connectivity index (χ0v) is 11.5. The highest BCUT2D eigenvalue weighted by atomic mass is 16.1. The first-order valence-electron chi connectivity index (χ1n) is 7.14. The van der Waals surface area contributed by atoms with Gasteiger partial charge in [0.2, 0.25) is 0 Å². The molecule has 1 atom stereocenters. The van der Waals surface area contributed by atoms with Crippen LogP contribution in [0.5, 0.6) is 0 Å². The molecular formula is C20H14O. The van der Waals surface area contributed by atoms with E-state index in [9.17, 15) is 4.79 Å². The predicted molar refractivity (Wildman–Crippen MR) is 84.5 cm³/mol. The summed E-state index contributed by atoms with van der Waals surface area (Å²) in [6.07, 6.45) is 0. The molecule has 3 aromatic carbocycles. The van der Waals surface area contributed by atoms with Gasteiger partial charge >= 0.3 is 0 Å². The fourth-order valence-corrected chi connectivity index (χ4v) is 3.20. The van der Waals surface area contributed by atoms with E-state index in [1.807, 2.05) is 66.7 Å². The molecule has 100 valence electrons. The highest BCUT2D eigenvalue weighted by molar-refractivity contribution is 6.11. The molecule has 0 saturated carbocycles. The monoisotopic (exact) mass is 270 g/mol. The molecule has 1 aliphatic carbocycles. The fraction of sp³-hybridized carbons (Fsp3) is 0.0500. The molecule has 0 saturated heterocycles. The SMILES string of the molecule is O=C1c2ccccc2-c2ccccc2C1c1ccccc1. The molecule has 0 aromatic heterocycles. The van der Waals surface area contributed by atoms with Crippen LogP contribution in [0.4, 0.5) is 0 Å². The van der Waals surface area contributed by atoms with Crippen LogP contribution in [-0.2, 0) is 0 Å². The molecule has 0 aliphatic heterocycles. The van der Waals surface area contributed by atoms with Gasteiger partial charge in [0.15, 0.2) is 5.78 Å². The quantitative estimate of drug-likeness (QED) is 0.627. The molecule has 1 unspecified atom stereocenters. The molecule has 0 spiro atoms. The van der Waals surface area contributed by atoms with Crippen molar-refractivity contribution in [2.75, 3.05) is 0 Å². The third kappa shape index (κ3) is 1.82. The van der Waals surface area contributed by atoms with Crippen LogP contribution >= 0.6 is 0 Å². The van der Waals surface area contributed by atoms with E-state index >= 15 is 0 Å². The topological polar surface area (TPSA) is 17.1 Å². The maximum Gasteiger partial charge on any atom is 0.175 e. The molecule has 0 amide bonds. The number of hydrogen-bond donors (Lipinski definition) is 0. The van der Waals surface area contributed by atoms with Crippen molar-refractivity contribution in [2.24, 2.45) is 0 Å². The molecule has 1 aliphatic rings. The van der Waals surface area contributed by atoms with Crippen LogP contribution in [0.25, 0.3) is 11.1 Å². The second-order valence-corrected chi connectivity index (χ2v) is 5.34. The third-order valence-electron chi connectivity index (χ3n) is 4.15. The minimum absolute atomic E-state index is 0.190. The lowest BCUT2D eigenvalue weighted by Gasteiger charge is -2.26. The predicted octanol–water partition coefficient (Wildman–Crippen LogP) is 4.68. The molecule has 3 aromatic rings. The second-order valence-electron chi connectivity index (χ2n) is 5.34. The Morgan fingerprint density at radius 1 is 0.571 bits per heavy atom. The number of ketones is 1. The van der Waals surface area contributed by atoms with Crippen LogP contribution in [0.1, 0.15) is 27.4 Å². The number of rotatable bonds is 1. The molecule has 0 heterocycles. The maximum absolute atomic E-state index is 13.0. The minimum Gasteiger partial charge on any atom is -0.293 e. The van der Waals surface area contributed by atoms with E-state index in [1.54, 1.807) is 0 Å². The second kappa shape index (κ2) is 4.71. The Kier molecular flexibility index (Phi) is 2.71. The summed E-state index contributed by atoms with van der Waals surface area (Å²) in [6.45, 7) is 0. The van der Waals surface area contributed by atoms with Gasteiger partial charge in [0, 0.05) is 5.56 Å². The smallest absolute Gasteiger partial charge is 0.175 e. The highest BCUT2D eigenvalue weighted by Gasteiger charge is 2.32. The van der Waals surface area contributed by atoms with Crippen molar-refractivity contribution >= 4 is 5.78 Å². The van der Waals surface area contributed by atoms with Crippen molar-refractivity contribution in [3.8, 4) is 11.1 Å². The Balaban J connectivity index is 2.01. The summed E-state index contributed by atoms with van der Waals surface area (Å²) in [5, 5.41) is 0. The van der Waals surface area contributed by atoms with E-state index in [1.165, 1.54) is 5.56 Å². The molecule has 4 rings (SSSR count).